The molecule has 0 aliphatic rings. The number of nitrogens with zero attached hydrogens (tertiary/aromatic N) is 2. The second-order valence-electron chi connectivity index (χ2n) is 5.71. The van der Waals surface area contributed by atoms with Crippen molar-refractivity contribution in [3.8, 4) is 0 Å². The zero-order valence-corrected chi connectivity index (χ0v) is 16.0. The summed E-state index contributed by atoms with van der Waals surface area (Å²) in [6.45, 7) is 1.73. The van der Waals surface area contributed by atoms with E-state index in [1.54, 1.807) is 12.3 Å². The molecule has 3 aromatic rings. The molecule has 9 nitrogen and oxygen atoms in total. The van der Waals surface area contributed by atoms with E-state index >= 15 is 0 Å². The number of hydrogen-bond donors (Lipinski definition) is 1. The van der Waals surface area contributed by atoms with E-state index in [9.17, 15) is 19.2 Å². The number of fused-ring (bicyclic) bond motifs is 1. The summed E-state index contributed by atoms with van der Waals surface area (Å²) in [5.41, 5.74) is 0.174. The molecule has 3 rings (SSSR count). The van der Waals surface area contributed by atoms with Gasteiger partial charge in [0.15, 0.2) is 4.96 Å². The first-order valence-corrected chi connectivity index (χ1v) is 8.82. The van der Waals surface area contributed by atoms with Gasteiger partial charge in [0.2, 0.25) is 0 Å². The summed E-state index contributed by atoms with van der Waals surface area (Å²) in [7, 11) is 2.38. The molecule has 144 valence electrons. The highest BCUT2D eigenvalue weighted by atomic mass is 32.1. The molecule has 2 heterocycles. The van der Waals surface area contributed by atoms with Gasteiger partial charge < -0.3 is 14.8 Å². The van der Waals surface area contributed by atoms with Gasteiger partial charge in [-0.25, -0.2) is 14.6 Å². The predicted octanol–water partition coefficient (Wildman–Crippen LogP) is 1.89. The summed E-state index contributed by atoms with van der Waals surface area (Å²) in [6.07, 6.45) is 1.19. The number of aryl methyl sites for hydroxylation is 1. The fourth-order valence-electron chi connectivity index (χ4n) is 2.55. The van der Waals surface area contributed by atoms with Gasteiger partial charge in [0, 0.05) is 23.0 Å². The van der Waals surface area contributed by atoms with Crippen LogP contribution in [0.25, 0.3) is 4.96 Å². The highest BCUT2D eigenvalue weighted by Crippen LogP contribution is 2.18. The molecule has 0 aliphatic carbocycles. The Morgan fingerprint density at radius 1 is 1.07 bits per heavy atom. The van der Waals surface area contributed by atoms with Crippen LogP contribution in [0.15, 0.2) is 34.6 Å². The number of nitrogens with one attached hydrogen (secondary N) is 1. The van der Waals surface area contributed by atoms with Crippen molar-refractivity contribution in [3.63, 3.8) is 0 Å². The van der Waals surface area contributed by atoms with Crippen LogP contribution in [0.5, 0.6) is 0 Å². The highest BCUT2D eigenvalue weighted by molar-refractivity contribution is 7.15. The SMILES string of the molecule is COC(=O)c1cc(NC(=O)c2cnc3scc(C)n3c2=O)cc(C(=O)OC)c1. The van der Waals surface area contributed by atoms with Crippen molar-refractivity contribution in [3.05, 3.63) is 62.5 Å². The van der Waals surface area contributed by atoms with Crippen LogP contribution in [0, 0.1) is 6.92 Å². The van der Waals surface area contributed by atoms with Crippen LogP contribution in [-0.2, 0) is 9.47 Å². The van der Waals surface area contributed by atoms with E-state index in [1.807, 2.05) is 0 Å². The Morgan fingerprint density at radius 3 is 2.25 bits per heavy atom. The van der Waals surface area contributed by atoms with Gasteiger partial charge in [-0.3, -0.25) is 14.0 Å². The fraction of sp³-hybridized carbons (Fsp3) is 0.167. The van der Waals surface area contributed by atoms with E-state index in [-0.39, 0.29) is 22.4 Å². The van der Waals surface area contributed by atoms with E-state index in [1.165, 1.54) is 54.4 Å². The molecule has 1 amide bonds. The van der Waals surface area contributed by atoms with Gasteiger partial charge in [-0.2, -0.15) is 0 Å². The van der Waals surface area contributed by atoms with Crippen molar-refractivity contribution >= 4 is 39.8 Å². The molecule has 2 aromatic heterocycles. The Morgan fingerprint density at radius 2 is 1.68 bits per heavy atom. The summed E-state index contributed by atoms with van der Waals surface area (Å²) in [5.74, 6) is -2.12. The van der Waals surface area contributed by atoms with Gasteiger partial charge >= 0.3 is 11.9 Å². The Balaban J connectivity index is 2.01. The molecular weight excluding hydrogens is 386 g/mol. The van der Waals surface area contributed by atoms with Crippen LogP contribution >= 0.6 is 11.3 Å². The molecule has 0 aliphatic heterocycles. The minimum atomic E-state index is -0.727. The lowest BCUT2D eigenvalue weighted by Crippen LogP contribution is -2.26. The van der Waals surface area contributed by atoms with Crippen molar-refractivity contribution < 1.29 is 23.9 Å². The number of hydrogen-bond acceptors (Lipinski definition) is 8. The van der Waals surface area contributed by atoms with Crippen LogP contribution in [-0.4, -0.2) is 41.5 Å². The Kier molecular flexibility index (Phi) is 5.23. The summed E-state index contributed by atoms with van der Waals surface area (Å²) in [6, 6.07) is 3.94. The van der Waals surface area contributed by atoms with Crippen LogP contribution in [0.2, 0.25) is 0 Å². The number of benzene rings is 1. The second-order valence-corrected chi connectivity index (χ2v) is 6.54. The molecule has 0 saturated heterocycles. The third-order valence-electron chi connectivity index (χ3n) is 3.89. The first-order valence-electron chi connectivity index (χ1n) is 7.94. The Hall–Kier alpha value is -3.53. The highest BCUT2D eigenvalue weighted by Gasteiger charge is 2.18. The van der Waals surface area contributed by atoms with Gasteiger partial charge in [0.1, 0.15) is 5.56 Å². The van der Waals surface area contributed by atoms with Crippen LogP contribution < -0.4 is 10.9 Å². The third kappa shape index (κ3) is 3.49. The number of aromatic nitrogens is 2. The average molecular weight is 401 g/mol. The molecule has 0 radical (unpaired) electrons. The molecule has 1 aromatic carbocycles. The fourth-order valence-corrected chi connectivity index (χ4v) is 3.38. The van der Waals surface area contributed by atoms with Gasteiger partial charge in [-0.1, -0.05) is 0 Å². The van der Waals surface area contributed by atoms with Crippen molar-refractivity contribution in [2.45, 2.75) is 6.92 Å². The lowest BCUT2D eigenvalue weighted by atomic mass is 10.1. The summed E-state index contributed by atoms with van der Waals surface area (Å²) in [5, 5.41) is 4.27. The van der Waals surface area contributed by atoms with E-state index in [2.05, 4.69) is 19.8 Å². The zero-order valence-electron chi connectivity index (χ0n) is 15.1. The second kappa shape index (κ2) is 7.61. The zero-order chi connectivity index (χ0) is 20.4. The minimum absolute atomic E-state index is 0.0414. The van der Waals surface area contributed by atoms with Crippen molar-refractivity contribution in [2.24, 2.45) is 0 Å². The van der Waals surface area contributed by atoms with Crippen LogP contribution in [0.4, 0.5) is 5.69 Å². The normalized spacial score (nSPS) is 10.5. The Labute approximate surface area is 162 Å². The van der Waals surface area contributed by atoms with Crippen molar-refractivity contribution in [1.29, 1.82) is 0 Å². The monoisotopic (exact) mass is 401 g/mol. The Bertz CT molecular complexity index is 1130. The number of carbonyl (C=O) groups excluding carboxylic acids is 3. The minimum Gasteiger partial charge on any atom is -0.465 e. The summed E-state index contributed by atoms with van der Waals surface area (Å²) < 4.78 is 10.6. The quantitative estimate of drug-likeness (QED) is 0.664. The molecule has 0 bridgehead atoms. The maximum atomic E-state index is 12.6. The van der Waals surface area contributed by atoms with Crippen molar-refractivity contribution in [2.75, 3.05) is 19.5 Å². The van der Waals surface area contributed by atoms with E-state index in [0.29, 0.717) is 10.7 Å². The molecule has 0 spiro atoms. The molecular formula is C18H15N3O6S. The smallest absolute Gasteiger partial charge is 0.337 e. The largest absolute Gasteiger partial charge is 0.465 e. The first kappa shape index (κ1) is 19.2. The lowest BCUT2D eigenvalue weighted by Gasteiger charge is -2.09. The molecule has 0 atom stereocenters. The molecule has 0 fully saturated rings. The maximum Gasteiger partial charge on any atom is 0.337 e. The van der Waals surface area contributed by atoms with Crippen molar-refractivity contribution in [1.82, 2.24) is 9.38 Å². The molecule has 10 heteroatoms. The average Bonchev–Trinajstić information content (AvgIpc) is 3.08. The van der Waals surface area contributed by atoms with E-state index < -0.39 is 23.4 Å². The standard InChI is InChI=1S/C18H15N3O6S/c1-9-8-28-18-19-7-13(15(23)21(9)18)14(22)20-12-5-10(16(24)26-2)4-11(6-12)17(25)27-3/h4-8H,1-3H3,(H,20,22). The number of ether oxygens (including phenoxy) is 2. The number of methoxy groups -OCH3 is 2. The van der Waals surface area contributed by atoms with Crippen LogP contribution in [0.3, 0.4) is 0 Å². The van der Waals surface area contributed by atoms with Gasteiger partial charge in [0.05, 0.1) is 25.3 Å². The number of carbonyl (C=O) groups is 3. The number of esters is 2. The van der Waals surface area contributed by atoms with Gasteiger partial charge in [-0.15, -0.1) is 11.3 Å². The molecule has 1 N–H and O–H groups in total. The topological polar surface area (TPSA) is 116 Å². The lowest BCUT2D eigenvalue weighted by molar-refractivity contribution is 0.0599. The maximum absolute atomic E-state index is 12.6. The van der Waals surface area contributed by atoms with Crippen LogP contribution in [0.1, 0.15) is 36.8 Å². The first-order chi connectivity index (χ1) is 13.3. The third-order valence-corrected chi connectivity index (χ3v) is 4.85. The molecule has 0 unspecified atom stereocenters. The molecule has 0 saturated carbocycles. The van der Waals surface area contributed by atoms with E-state index in [0.717, 1.165) is 0 Å². The number of rotatable bonds is 4. The summed E-state index contributed by atoms with van der Waals surface area (Å²) >= 11 is 1.29. The summed E-state index contributed by atoms with van der Waals surface area (Å²) in [4.78, 5) is 53.5. The molecule has 28 heavy (non-hydrogen) atoms. The number of anilines is 1. The van der Waals surface area contributed by atoms with Gasteiger partial charge in [0.25, 0.3) is 11.5 Å². The number of thiazole rings is 1. The number of amides is 1. The predicted molar refractivity (Wildman–Crippen MR) is 101 cm³/mol. The van der Waals surface area contributed by atoms with Gasteiger partial charge in [-0.05, 0) is 25.1 Å². The van der Waals surface area contributed by atoms with E-state index in [4.69, 9.17) is 0 Å².